The maximum absolute atomic E-state index is 13.1. The lowest BCUT2D eigenvalue weighted by Gasteiger charge is -2.39. The molecule has 1 aromatic carbocycles. The number of benzene rings is 1. The Morgan fingerprint density at radius 2 is 2.04 bits per heavy atom. The third-order valence-electron chi connectivity index (χ3n) is 5.20. The minimum Gasteiger partial charge on any atom is -0.324 e. The molecule has 8 heteroatoms. The second-order valence-electron chi connectivity index (χ2n) is 7.00. The number of piperidine rings is 1. The van der Waals surface area contributed by atoms with Crippen LogP contribution in [0, 0.1) is 5.92 Å². The summed E-state index contributed by atoms with van der Waals surface area (Å²) >= 11 is 1.80. The van der Waals surface area contributed by atoms with Crippen molar-refractivity contribution < 1.29 is 9.63 Å². The first-order valence-corrected chi connectivity index (χ1v) is 10.2. The number of anilines is 1. The van der Waals surface area contributed by atoms with Gasteiger partial charge in [-0.25, -0.2) is 0 Å². The average molecular weight is 432 g/mol. The molecule has 27 heavy (non-hydrogen) atoms. The molecule has 150 valence electrons. The summed E-state index contributed by atoms with van der Waals surface area (Å²) < 4.78 is 0. The highest BCUT2D eigenvalue weighted by molar-refractivity contribution is 7.99. The van der Waals surface area contributed by atoms with Gasteiger partial charge in [0, 0.05) is 23.1 Å². The average Bonchev–Trinajstić information content (AvgIpc) is 2.65. The molecule has 3 aliphatic heterocycles. The molecule has 1 amide bonds. The Kier molecular flexibility index (Phi) is 8.04. The molecule has 1 saturated heterocycles. The molecule has 1 fully saturated rings. The van der Waals surface area contributed by atoms with E-state index < -0.39 is 0 Å². The maximum Gasteiger partial charge on any atom is 0.259 e. The number of amides is 1. The summed E-state index contributed by atoms with van der Waals surface area (Å²) in [6.07, 6.45) is 4.15. The largest absolute Gasteiger partial charge is 0.324 e. The number of thioether (sulfide) groups is 1. The summed E-state index contributed by atoms with van der Waals surface area (Å²) in [5.41, 5.74) is 10.3. The van der Waals surface area contributed by atoms with E-state index in [1.807, 2.05) is 19.1 Å². The molecule has 0 saturated carbocycles. The number of rotatable bonds is 3. The van der Waals surface area contributed by atoms with E-state index in [4.69, 9.17) is 10.6 Å². The zero-order valence-electron chi connectivity index (χ0n) is 15.3. The summed E-state index contributed by atoms with van der Waals surface area (Å²) in [6, 6.07) is 6.11. The van der Waals surface area contributed by atoms with Crippen LogP contribution in [-0.2, 0) is 9.63 Å². The molecule has 5 nitrogen and oxygen atoms in total. The Hall–Kier alpha value is -0.760. The van der Waals surface area contributed by atoms with E-state index in [1.54, 1.807) is 16.8 Å². The van der Waals surface area contributed by atoms with Crippen LogP contribution in [0.3, 0.4) is 0 Å². The van der Waals surface area contributed by atoms with Gasteiger partial charge in [0.05, 0.1) is 17.7 Å². The van der Waals surface area contributed by atoms with E-state index in [0.29, 0.717) is 0 Å². The van der Waals surface area contributed by atoms with Gasteiger partial charge in [0.1, 0.15) is 0 Å². The minimum absolute atomic E-state index is 0. The second-order valence-corrected chi connectivity index (χ2v) is 8.08. The fourth-order valence-corrected chi connectivity index (χ4v) is 4.72. The SMILES string of the molecule is CC(N)c1ccc2c(c1)C1=CCSCC1C(=O)N2OC1CCNCC1.Cl.Cl. The number of nitrogens with zero attached hydrogens (tertiary/aromatic N) is 1. The van der Waals surface area contributed by atoms with E-state index in [0.717, 1.165) is 59.8 Å². The number of hydrogen-bond donors (Lipinski definition) is 2. The Bertz CT molecular complexity index is 708. The van der Waals surface area contributed by atoms with Gasteiger partial charge in [0.25, 0.3) is 5.91 Å². The van der Waals surface area contributed by atoms with Gasteiger partial charge in [-0.3, -0.25) is 9.63 Å². The fraction of sp³-hybridized carbons (Fsp3) is 0.526. The fourth-order valence-electron chi connectivity index (χ4n) is 3.73. The van der Waals surface area contributed by atoms with Crippen LogP contribution in [0.5, 0.6) is 0 Å². The van der Waals surface area contributed by atoms with Crippen LogP contribution in [-0.4, -0.2) is 36.6 Å². The van der Waals surface area contributed by atoms with Crippen molar-refractivity contribution in [2.24, 2.45) is 11.7 Å². The highest BCUT2D eigenvalue weighted by Gasteiger charge is 2.39. The van der Waals surface area contributed by atoms with E-state index >= 15 is 0 Å². The first kappa shape index (κ1) is 22.5. The van der Waals surface area contributed by atoms with E-state index in [1.165, 1.54) is 0 Å². The predicted octanol–water partition coefficient (Wildman–Crippen LogP) is 3.33. The number of carbonyl (C=O) groups excluding carboxylic acids is 1. The Morgan fingerprint density at radius 3 is 2.74 bits per heavy atom. The predicted molar refractivity (Wildman–Crippen MR) is 117 cm³/mol. The van der Waals surface area contributed by atoms with E-state index in [-0.39, 0.29) is 48.8 Å². The highest BCUT2D eigenvalue weighted by atomic mass is 35.5. The van der Waals surface area contributed by atoms with Gasteiger partial charge < -0.3 is 11.1 Å². The molecule has 4 rings (SSSR count). The van der Waals surface area contributed by atoms with Gasteiger partial charge in [-0.15, -0.1) is 24.8 Å². The lowest BCUT2D eigenvalue weighted by Crippen LogP contribution is -2.46. The molecule has 3 heterocycles. The molecule has 0 spiro atoms. The number of nitrogens with two attached hydrogens (primary N) is 1. The minimum atomic E-state index is -0.115. The molecule has 1 aromatic rings. The molecule has 3 N–H and O–H groups in total. The lowest BCUT2D eigenvalue weighted by molar-refractivity contribution is -0.131. The van der Waals surface area contributed by atoms with Crippen LogP contribution in [0.4, 0.5) is 5.69 Å². The summed E-state index contributed by atoms with van der Waals surface area (Å²) in [5, 5.41) is 4.91. The van der Waals surface area contributed by atoms with E-state index in [2.05, 4.69) is 17.5 Å². The van der Waals surface area contributed by atoms with Gasteiger partial charge in [0.2, 0.25) is 0 Å². The zero-order valence-corrected chi connectivity index (χ0v) is 17.8. The molecule has 2 atom stereocenters. The van der Waals surface area contributed by atoms with Crippen molar-refractivity contribution in [3.05, 3.63) is 35.4 Å². The zero-order chi connectivity index (χ0) is 17.4. The van der Waals surface area contributed by atoms with Crippen molar-refractivity contribution >= 4 is 53.7 Å². The first-order valence-electron chi connectivity index (χ1n) is 9.04. The first-order chi connectivity index (χ1) is 12.1. The van der Waals surface area contributed by atoms with Gasteiger partial charge in [0.15, 0.2) is 0 Å². The Balaban J connectivity index is 0.00000131. The number of fused-ring (bicyclic) bond motifs is 3. The Morgan fingerprint density at radius 1 is 1.30 bits per heavy atom. The van der Waals surface area contributed by atoms with Gasteiger partial charge in [-0.1, -0.05) is 12.1 Å². The molecule has 0 aromatic heterocycles. The topological polar surface area (TPSA) is 67.6 Å². The van der Waals surface area contributed by atoms with Gasteiger partial charge in [-0.05, 0) is 56.1 Å². The van der Waals surface area contributed by atoms with Crippen LogP contribution in [0.15, 0.2) is 24.3 Å². The van der Waals surface area contributed by atoms with Crippen LogP contribution >= 0.6 is 36.6 Å². The smallest absolute Gasteiger partial charge is 0.259 e. The van der Waals surface area contributed by atoms with Crippen molar-refractivity contribution in [3.8, 4) is 0 Å². The van der Waals surface area contributed by atoms with Crippen molar-refractivity contribution in [2.45, 2.75) is 31.9 Å². The highest BCUT2D eigenvalue weighted by Crippen LogP contribution is 2.43. The number of hydrogen-bond acceptors (Lipinski definition) is 5. The standard InChI is InChI=1S/C19H25N3O2S.2ClH/c1-12(20)13-2-3-18-16(10-13)15-6-9-25-11-17(15)19(23)22(18)24-14-4-7-21-8-5-14;;/h2-3,6,10,12,14,17,21H,4-5,7-9,11,20H2,1H3;2*1H. The van der Waals surface area contributed by atoms with Crippen molar-refractivity contribution in [1.82, 2.24) is 5.32 Å². The van der Waals surface area contributed by atoms with Crippen LogP contribution in [0.1, 0.15) is 36.9 Å². The third kappa shape index (κ3) is 4.47. The Labute approximate surface area is 177 Å². The molecular formula is C19H27Cl2N3O2S. The van der Waals surface area contributed by atoms with E-state index in [9.17, 15) is 4.79 Å². The molecule has 2 unspecified atom stereocenters. The maximum atomic E-state index is 13.1. The van der Waals surface area contributed by atoms with Crippen LogP contribution in [0.2, 0.25) is 0 Å². The number of hydroxylamine groups is 1. The van der Waals surface area contributed by atoms with Crippen molar-refractivity contribution in [1.29, 1.82) is 0 Å². The number of nitrogens with one attached hydrogen (secondary N) is 1. The normalized spacial score (nSPS) is 23.3. The monoisotopic (exact) mass is 431 g/mol. The molecule has 3 aliphatic rings. The summed E-state index contributed by atoms with van der Waals surface area (Å²) in [4.78, 5) is 19.3. The van der Waals surface area contributed by atoms with Gasteiger partial charge >= 0.3 is 0 Å². The molecule has 0 bridgehead atoms. The van der Waals surface area contributed by atoms with Crippen molar-refractivity contribution in [3.63, 3.8) is 0 Å². The number of carbonyl (C=O) groups is 1. The van der Waals surface area contributed by atoms with Gasteiger partial charge in [-0.2, -0.15) is 16.8 Å². The van der Waals surface area contributed by atoms with Crippen molar-refractivity contribution in [2.75, 3.05) is 29.7 Å². The summed E-state index contributed by atoms with van der Waals surface area (Å²) in [7, 11) is 0. The second kappa shape index (κ2) is 9.63. The summed E-state index contributed by atoms with van der Waals surface area (Å²) in [5.74, 6) is 1.73. The molecular weight excluding hydrogens is 405 g/mol. The lowest BCUT2D eigenvalue weighted by atomic mass is 9.86. The number of halogens is 2. The van der Waals surface area contributed by atoms with Crippen LogP contribution in [0.25, 0.3) is 5.57 Å². The molecule has 0 aliphatic carbocycles. The van der Waals surface area contributed by atoms with Crippen LogP contribution < -0.4 is 16.1 Å². The molecule has 0 radical (unpaired) electrons. The summed E-state index contributed by atoms with van der Waals surface area (Å²) in [6.45, 7) is 3.86. The third-order valence-corrected chi connectivity index (χ3v) is 6.17. The quantitative estimate of drug-likeness (QED) is 0.767.